The quantitative estimate of drug-likeness (QED) is 0.840. The number of hydrogen-bond acceptors (Lipinski definition) is 4. The van der Waals surface area contributed by atoms with E-state index >= 15 is 0 Å². The average Bonchev–Trinajstić information content (AvgIpc) is 2.80. The van der Waals surface area contributed by atoms with Crippen LogP contribution in [0, 0.1) is 12.8 Å². The summed E-state index contributed by atoms with van der Waals surface area (Å²) in [7, 11) is 1.28. The van der Waals surface area contributed by atoms with Crippen LogP contribution in [0.5, 0.6) is 0 Å². The van der Waals surface area contributed by atoms with Gasteiger partial charge in [-0.3, -0.25) is 9.59 Å². The second-order valence-corrected chi connectivity index (χ2v) is 4.73. The van der Waals surface area contributed by atoms with Crippen LogP contribution >= 0.6 is 0 Å². The number of ether oxygens (including phenoxy) is 1. The zero-order valence-corrected chi connectivity index (χ0v) is 11.3. The largest absolute Gasteiger partial charge is 0.478 e. The smallest absolute Gasteiger partial charge is 0.336 e. The summed E-state index contributed by atoms with van der Waals surface area (Å²) in [5.74, 6) is -2.17. The highest BCUT2D eigenvalue weighted by Gasteiger charge is 2.36. The number of amides is 1. The standard InChI is InChI=1S/C14H15NO5/c1-8-3-4-10(6-11(8)13(17)18)15-7-9(5-12(15)16)14(19)20-2/h3-4,6,9H,5,7H2,1-2H3,(H,17,18). The van der Waals surface area contributed by atoms with Gasteiger partial charge in [0.25, 0.3) is 0 Å². The van der Waals surface area contributed by atoms with Crippen molar-refractivity contribution in [3.8, 4) is 0 Å². The lowest BCUT2D eigenvalue weighted by Gasteiger charge is -2.17. The lowest BCUT2D eigenvalue weighted by atomic mass is 10.1. The number of aryl methyl sites for hydroxylation is 1. The normalized spacial score (nSPS) is 18.2. The zero-order chi connectivity index (χ0) is 14.9. The van der Waals surface area contributed by atoms with Crippen molar-refractivity contribution in [2.24, 2.45) is 5.92 Å². The molecule has 1 unspecified atom stereocenters. The summed E-state index contributed by atoms with van der Waals surface area (Å²) in [5.41, 5.74) is 1.26. The molecule has 0 aromatic heterocycles. The Balaban J connectivity index is 2.28. The first kappa shape index (κ1) is 14.0. The van der Waals surface area contributed by atoms with E-state index in [0.717, 1.165) is 0 Å². The third kappa shape index (κ3) is 2.49. The highest BCUT2D eigenvalue weighted by Crippen LogP contribution is 2.27. The summed E-state index contributed by atoms with van der Waals surface area (Å²) < 4.78 is 4.64. The van der Waals surface area contributed by atoms with Gasteiger partial charge < -0.3 is 14.7 Å². The summed E-state index contributed by atoms with van der Waals surface area (Å²) >= 11 is 0. The lowest BCUT2D eigenvalue weighted by Crippen LogP contribution is -2.26. The van der Waals surface area contributed by atoms with Gasteiger partial charge in [0.2, 0.25) is 5.91 Å². The molecular formula is C14H15NO5. The SMILES string of the molecule is COC(=O)C1CC(=O)N(c2ccc(C)c(C(=O)O)c2)C1. The van der Waals surface area contributed by atoms with Gasteiger partial charge in [-0.2, -0.15) is 0 Å². The number of nitrogens with zero attached hydrogens (tertiary/aromatic N) is 1. The molecule has 1 aliphatic heterocycles. The van der Waals surface area contributed by atoms with Gasteiger partial charge >= 0.3 is 11.9 Å². The van der Waals surface area contributed by atoms with Gasteiger partial charge in [0.1, 0.15) is 0 Å². The summed E-state index contributed by atoms with van der Waals surface area (Å²) in [6.07, 6.45) is 0.0863. The molecule has 1 heterocycles. The van der Waals surface area contributed by atoms with Crippen molar-refractivity contribution in [2.45, 2.75) is 13.3 Å². The van der Waals surface area contributed by atoms with E-state index in [-0.39, 0.29) is 24.4 Å². The zero-order valence-electron chi connectivity index (χ0n) is 11.3. The Kier molecular flexibility index (Phi) is 3.74. The topological polar surface area (TPSA) is 83.9 Å². The molecule has 106 valence electrons. The second kappa shape index (κ2) is 5.32. The monoisotopic (exact) mass is 277 g/mol. The molecule has 1 amide bonds. The molecule has 6 heteroatoms. The van der Waals surface area contributed by atoms with E-state index < -0.39 is 17.9 Å². The third-order valence-corrected chi connectivity index (χ3v) is 3.42. The molecule has 0 bridgehead atoms. The number of benzene rings is 1. The van der Waals surface area contributed by atoms with Crippen molar-refractivity contribution in [1.82, 2.24) is 0 Å². The van der Waals surface area contributed by atoms with Gasteiger partial charge in [0, 0.05) is 18.7 Å². The Morgan fingerprint density at radius 2 is 2.10 bits per heavy atom. The molecule has 1 N–H and O–H groups in total. The fraction of sp³-hybridized carbons (Fsp3) is 0.357. The second-order valence-electron chi connectivity index (χ2n) is 4.73. The summed E-state index contributed by atoms with van der Waals surface area (Å²) in [5, 5.41) is 9.10. The van der Waals surface area contributed by atoms with E-state index in [1.807, 2.05) is 0 Å². The predicted molar refractivity (Wildman–Crippen MR) is 70.6 cm³/mol. The van der Waals surface area contributed by atoms with E-state index in [1.54, 1.807) is 19.1 Å². The highest BCUT2D eigenvalue weighted by molar-refractivity contribution is 6.00. The molecule has 1 saturated heterocycles. The fourth-order valence-electron chi connectivity index (χ4n) is 2.29. The van der Waals surface area contributed by atoms with Gasteiger partial charge in [-0.15, -0.1) is 0 Å². The van der Waals surface area contributed by atoms with Crippen LogP contribution in [0.2, 0.25) is 0 Å². The van der Waals surface area contributed by atoms with Gasteiger partial charge in [-0.05, 0) is 24.6 Å². The molecule has 20 heavy (non-hydrogen) atoms. The Labute approximate surface area is 115 Å². The summed E-state index contributed by atoms with van der Waals surface area (Å²) in [6, 6.07) is 4.78. The molecule has 0 saturated carbocycles. The average molecular weight is 277 g/mol. The maximum absolute atomic E-state index is 11.9. The molecule has 1 atom stereocenters. The molecule has 1 fully saturated rings. The number of carbonyl (C=O) groups is 3. The van der Waals surface area contributed by atoms with Crippen molar-refractivity contribution in [3.05, 3.63) is 29.3 Å². The minimum absolute atomic E-state index is 0.0863. The summed E-state index contributed by atoms with van der Waals surface area (Å²) in [4.78, 5) is 35.9. The van der Waals surface area contributed by atoms with Crippen LogP contribution in [0.4, 0.5) is 5.69 Å². The van der Waals surface area contributed by atoms with Crippen LogP contribution in [0.1, 0.15) is 22.3 Å². The predicted octanol–water partition coefficient (Wildman–Crippen LogP) is 1.22. The number of esters is 1. The van der Waals surface area contributed by atoms with Crippen molar-refractivity contribution in [3.63, 3.8) is 0 Å². The Bertz CT molecular complexity index is 581. The van der Waals surface area contributed by atoms with Crippen molar-refractivity contribution < 1.29 is 24.2 Å². The molecule has 1 aliphatic rings. The number of hydrogen-bond donors (Lipinski definition) is 1. The van der Waals surface area contributed by atoms with Crippen LogP contribution in [-0.4, -0.2) is 36.6 Å². The van der Waals surface area contributed by atoms with Crippen LogP contribution in [0.3, 0.4) is 0 Å². The van der Waals surface area contributed by atoms with Crippen LogP contribution < -0.4 is 4.90 Å². The number of methoxy groups -OCH3 is 1. The maximum Gasteiger partial charge on any atom is 0.336 e. The van der Waals surface area contributed by atoms with E-state index in [0.29, 0.717) is 11.3 Å². The highest BCUT2D eigenvalue weighted by atomic mass is 16.5. The maximum atomic E-state index is 11.9. The van der Waals surface area contributed by atoms with E-state index in [2.05, 4.69) is 4.74 Å². The number of anilines is 1. The number of carboxylic acids is 1. The molecule has 1 aromatic rings. The van der Waals surface area contributed by atoms with Crippen LogP contribution in [0.25, 0.3) is 0 Å². The minimum atomic E-state index is -1.04. The van der Waals surface area contributed by atoms with Crippen molar-refractivity contribution in [2.75, 3.05) is 18.6 Å². The molecule has 6 nitrogen and oxygen atoms in total. The van der Waals surface area contributed by atoms with Gasteiger partial charge in [-0.25, -0.2) is 4.79 Å². The fourth-order valence-corrected chi connectivity index (χ4v) is 2.29. The molecule has 0 radical (unpaired) electrons. The van der Waals surface area contributed by atoms with Gasteiger partial charge in [-0.1, -0.05) is 6.07 Å². The third-order valence-electron chi connectivity index (χ3n) is 3.42. The Hall–Kier alpha value is -2.37. The van der Waals surface area contributed by atoms with Crippen molar-refractivity contribution in [1.29, 1.82) is 0 Å². The number of aromatic carboxylic acids is 1. The molecule has 1 aromatic carbocycles. The van der Waals surface area contributed by atoms with E-state index in [4.69, 9.17) is 5.11 Å². The van der Waals surface area contributed by atoms with Crippen LogP contribution in [0.15, 0.2) is 18.2 Å². The lowest BCUT2D eigenvalue weighted by molar-refractivity contribution is -0.145. The molecule has 2 rings (SSSR count). The molecule has 0 spiro atoms. The van der Waals surface area contributed by atoms with Crippen LogP contribution in [-0.2, 0) is 14.3 Å². The number of rotatable bonds is 3. The first-order valence-electron chi connectivity index (χ1n) is 6.16. The summed E-state index contributed by atoms with van der Waals surface area (Å²) in [6.45, 7) is 1.91. The van der Waals surface area contributed by atoms with Crippen molar-refractivity contribution >= 4 is 23.5 Å². The number of carbonyl (C=O) groups excluding carboxylic acids is 2. The van der Waals surface area contributed by atoms with Gasteiger partial charge in [0.15, 0.2) is 0 Å². The van der Waals surface area contributed by atoms with Gasteiger partial charge in [0.05, 0.1) is 18.6 Å². The first-order valence-corrected chi connectivity index (χ1v) is 6.16. The van der Waals surface area contributed by atoms with E-state index in [1.165, 1.54) is 18.1 Å². The van der Waals surface area contributed by atoms with E-state index in [9.17, 15) is 14.4 Å². The number of carboxylic acid groups (broad SMARTS) is 1. The Morgan fingerprint density at radius 1 is 1.40 bits per heavy atom. The Morgan fingerprint density at radius 3 is 2.70 bits per heavy atom. The molecular weight excluding hydrogens is 262 g/mol. The first-order chi connectivity index (χ1) is 9.43. The minimum Gasteiger partial charge on any atom is -0.478 e. The molecule has 0 aliphatic carbocycles.